The Kier molecular flexibility index (Phi) is 2.60. The quantitative estimate of drug-likeness (QED) is 0.745. The average Bonchev–Trinajstić information content (AvgIpc) is 2.66. The van der Waals surface area contributed by atoms with E-state index in [9.17, 15) is 21.0 Å². The molecule has 0 unspecified atom stereocenters. The molecule has 110 valence electrons. The molecular formula is C20H10N4. The van der Waals surface area contributed by atoms with Crippen LogP contribution in [0, 0.1) is 56.2 Å². The Morgan fingerprint density at radius 2 is 0.792 bits per heavy atom. The highest BCUT2D eigenvalue weighted by Gasteiger charge is 2.70. The van der Waals surface area contributed by atoms with Crippen LogP contribution in [0.1, 0.15) is 34.1 Å². The number of hydrogen-bond donors (Lipinski definition) is 0. The molecule has 0 saturated carbocycles. The van der Waals surface area contributed by atoms with E-state index in [4.69, 9.17) is 0 Å². The molecule has 0 amide bonds. The molecular weight excluding hydrogens is 296 g/mol. The van der Waals surface area contributed by atoms with Crippen molar-refractivity contribution in [3.8, 4) is 24.3 Å². The molecule has 0 radical (unpaired) electrons. The molecule has 2 bridgehead atoms. The Bertz CT molecular complexity index is 879. The van der Waals surface area contributed by atoms with Gasteiger partial charge in [-0.05, 0) is 22.3 Å². The summed E-state index contributed by atoms with van der Waals surface area (Å²) in [6.45, 7) is 0. The number of nitrogens with zero attached hydrogens (tertiary/aromatic N) is 4. The van der Waals surface area contributed by atoms with Crippen molar-refractivity contribution >= 4 is 0 Å². The molecule has 0 heterocycles. The zero-order valence-electron chi connectivity index (χ0n) is 12.6. The van der Waals surface area contributed by atoms with Crippen molar-refractivity contribution in [3.63, 3.8) is 0 Å². The molecule has 0 saturated heterocycles. The van der Waals surface area contributed by atoms with Gasteiger partial charge >= 0.3 is 0 Å². The van der Waals surface area contributed by atoms with E-state index in [0.29, 0.717) is 0 Å². The summed E-state index contributed by atoms with van der Waals surface area (Å²) in [5.74, 6) is -1.21. The van der Waals surface area contributed by atoms with Gasteiger partial charge in [0.15, 0.2) is 10.8 Å². The highest BCUT2D eigenvalue weighted by molar-refractivity contribution is 5.66. The smallest absolute Gasteiger partial charge is 0.187 e. The fraction of sp³-hybridized carbons (Fsp3) is 0.200. The Balaban J connectivity index is 2.25. The number of hydrogen-bond acceptors (Lipinski definition) is 4. The maximum Gasteiger partial charge on any atom is 0.187 e. The van der Waals surface area contributed by atoms with E-state index < -0.39 is 22.7 Å². The lowest BCUT2D eigenvalue weighted by atomic mass is 9.42. The van der Waals surface area contributed by atoms with Gasteiger partial charge in [0.2, 0.25) is 0 Å². The minimum absolute atomic E-state index is 0.607. The SMILES string of the molecule is N#CC1(C#N)C2c3ccccc3C(c3ccccc32)C1(C#N)C#N. The third kappa shape index (κ3) is 1.23. The van der Waals surface area contributed by atoms with Gasteiger partial charge in [-0.15, -0.1) is 0 Å². The first-order valence-electron chi connectivity index (χ1n) is 7.53. The van der Waals surface area contributed by atoms with Crippen LogP contribution in [0.15, 0.2) is 48.5 Å². The van der Waals surface area contributed by atoms with E-state index in [-0.39, 0.29) is 0 Å². The fourth-order valence-electron chi connectivity index (χ4n) is 4.46. The molecule has 0 fully saturated rings. The monoisotopic (exact) mass is 306 g/mol. The third-order valence-corrected chi connectivity index (χ3v) is 5.43. The van der Waals surface area contributed by atoms with Gasteiger partial charge in [0.25, 0.3) is 0 Å². The molecule has 0 spiro atoms. The second kappa shape index (κ2) is 4.45. The molecule has 4 heteroatoms. The van der Waals surface area contributed by atoms with Gasteiger partial charge in [-0.3, -0.25) is 0 Å². The van der Waals surface area contributed by atoms with E-state index in [1.807, 2.05) is 48.5 Å². The topological polar surface area (TPSA) is 95.2 Å². The van der Waals surface area contributed by atoms with Crippen molar-refractivity contribution < 1.29 is 0 Å². The Morgan fingerprint density at radius 3 is 1.00 bits per heavy atom. The Morgan fingerprint density at radius 1 is 0.542 bits per heavy atom. The van der Waals surface area contributed by atoms with Crippen LogP contribution in [0.2, 0.25) is 0 Å². The van der Waals surface area contributed by atoms with Crippen molar-refractivity contribution in [2.75, 3.05) is 0 Å². The highest BCUT2D eigenvalue weighted by atomic mass is 14.7. The second-order valence-corrected chi connectivity index (χ2v) is 6.19. The highest BCUT2D eigenvalue weighted by Crippen LogP contribution is 2.68. The van der Waals surface area contributed by atoms with Crippen molar-refractivity contribution in [1.29, 1.82) is 21.0 Å². The summed E-state index contributed by atoms with van der Waals surface area (Å²) >= 11 is 0. The molecule has 0 atom stereocenters. The number of nitriles is 4. The summed E-state index contributed by atoms with van der Waals surface area (Å²) in [5.41, 5.74) is 0.00000000000000111. The molecule has 0 aromatic heterocycles. The number of fused-ring (bicyclic) bond motifs is 1. The summed E-state index contributed by atoms with van der Waals surface area (Å²) in [4.78, 5) is 0. The first-order valence-corrected chi connectivity index (χ1v) is 7.53. The molecule has 2 aromatic rings. The fourth-order valence-corrected chi connectivity index (χ4v) is 4.46. The molecule has 24 heavy (non-hydrogen) atoms. The van der Waals surface area contributed by atoms with Crippen LogP contribution in [-0.2, 0) is 0 Å². The number of rotatable bonds is 0. The lowest BCUT2D eigenvalue weighted by molar-refractivity contribution is 0.195. The van der Waals surface area contributed by atoms with Crippen LogP contribution < -0.4 is 0 Å². The normalized spacial score (nSPS) is 23.5. The van der Waals surface area contributed by atoms with Crippen LogP contribution in [0.4, 0.5) is 0 Å². The molecule has 2 aromatic carbocycles. The molecule has 4 nitrogen and oxygen atoms in total. The summed E-state index contributed by atoms with van der Waals surface area (Å²) in [5, 5.41) is 39.8. The Labute approximate surface area is 139 Å². The Hall–Kier alpha value is -3.60. The van der Waals surface area contributed by atoms with Gasteiger partial charge < -0.3 is 0 Å². The summed E-state index contributed by atoms with van der Waals surface area (Å²) in [6, 6.07) is 23.3. The van der Waals surface area contributed by atoms with E-state index >= 15 is 0 Å². The average molecular weight is 306 g/mol. The van der Waals surface area contributed by atoms with Gasteiger partial charge in [0.1, 0.15) is 0 Å². The van der Waals surface area contributed by atoms with Crippen molar-refractivity contribution in [3.05, 3.63) is 70.8 Å². The van der Waals surface area contributed by atoms with Gasteiger partial charge in [-0.1, -0.05) is 48.5 Å². The maximum atomic E-state index is 9.94. The van der Waals surface area contributed by atoms with Crippen LogP contribution in [0.5, 0.6) is 0 Å². The molecule has 0 N–H and O–H groups in total. The standard InChI is InChI=1S/C20H10N4/c21-9-19(10-22)17-13-5-1-2-6-14(13)18(20(19,11-23)12-24)16-8-4-3-7-15(16)17/h1-8,17-18H. The largest absolute Gasteiger partial charge is 0.196 e. The lowest BCUT2D eigenvalue weighted by Crippen LogP contribution is -2.54. The minimum atomic E-state index is -1.73. The van der Waals surface area contributed by atoms with Crippen LogP contribution in [-0.4, -0.2) is 0 Å². The third-order valence-electron chi connectivity index (χ3n) is 5.43. The summed E-state index contributed by atoms with van der Waals surface area (Å²) < 4.78 is 0. The minimum Gasteiger partial charge on any atom is -0.196 e. The lowest BCUT2D eigenvalue weighted by Gasteiger charge is -2.53. The molecule has 3 aliphatic rings. The van der Waals surface area contributed by atoms with Gasteiger partial charge in [-0.2, -0.15) is 21.0 Å². The summed E-state index contributed by atoms with van der Waals surface area (Å²) in [7, 11) is 0. The van der Waals surface area contributed by atoms with Gasteiger partial charge in [-0.25, -0.2) is 0 Å². The number of benzene rings is 2. The summed E-state index contributed by atoms with van der Waals surface area (Å²) in [6.07, 6.45) is 0. The maximum absolute atomic E-state index is 9.94. The second-order valence-electron chi connectivity index (χ2n) is 6.19. The first kappa shape index (κ1) is 14.0. The van der Waals surface area contributed by atoms with E-state index in [1.54, 1.807) is 0 Å². The van der Waals surface area contributed by atoms with E-state index in [2.05, 4.69) is 24.3 Å². The van der Waals surface area contributed by atoms with Crippen molar-refractivity contribution in [2.24, 2.45) is 10.8 Å². The zero-order valence-corrected chi connectivity index (χ0v) is 12.6. The van der Waals surface area contributed by atoms with E-state index in [1.165, 1.54) is 0 Å². The first-order chi connectivity index (χ1) is 11.7. The van der Waals surface area contributed by atoms with Crippen LogP contribution in [0.25, 0.3) is 0 Å². The molecule has 3 aliphatic carbocycles. The van der Waals surface area contributed by atoms with Crippen molar-refractivity contribution in [2.45, 2.75) is 11.8 Å². The predicted molar refractivity (Wildman–Crippen MR) is 83.9 cm³/mol. The van der Waals surface area contributed by atoms with Gasteiger partial charge in [0, 0.05) is 11.8 Å². The van der Waals surface area contributed by atoms with Gasteiger partial charge in [0.05, 0.1) is 24.3 Å². The van der Waals surface area contributed by atoms with E-state index in [0.717, 1.165) is 22.3 Å². The zero-order chi connectivity index (χ0) is 16.9. The molecule has 0 aliphatic heterocycles. The molecule has 5 rings (SSSR count). The predicted octanol–water partition coefficient (Wildman–Crippen LogP) is 3.34. The van der Waals surface area contributed by atoms with Crippen LogP contribution >= 0.6 is 0 Å². The van der Waals surface area contributed by atoms with Crippen molar-refractivity contribution in [1.82, 2.24) is 0 Å². The van der Waals surface area contributed by atoms with Crippen LogP contribution in [0.3, 0.4) is 0 Å².